The van der Waals surface area contributed by atoms with Crippen molar-refractivity contribution in [2.75, 3.05) is 11.4 Å². The van der Waals surface area contributed by atoms with E-state index in [1.807, 2.05) is 30.5 Å². The fourth-order valence-electron chi connectivity index (χ4n) is 2.16. The smallest absolute Gasteiger partial charge is 0.0931 e. The molecule has 3 heteroatoms. The Bertz CT molecular complexity index is 535. The Morgan fingerprint density at radius 3 is 2.47 bits per heavy atom. The highest BCUT2D eigenvalue weighted by Gasteiger charge is 2.10. The van der Waals surface area contributed by atoms with Crippen molar-refractivity contribution in [2.45, 2.75) is 26.9 Å². The van der Waals surface area contributed by atoms with E-state index >= 15 is 0 Å². The number of hydrogen-bond donors (Lipinski definition) is 1. The van der Waals surface area contributed by atoms with E-state index in [0.717, 1.165) is 12.2 Å². The van der Waals surface area contributed by atoms with Crippen LogP contribution in [0.2, 0.25) is 0 Å². The van der Waals surface area contributed by atoms with Gasteiger partial charge in [0.2, 0.25) is 0 Å². The monoisotopic (exact) mass is 256 g/mol. The molecular formula is C16H20N2O. The summed E-state index contributed by atoms with van der Waals surface area (Å²) in [5.41, 5.74) is 4.17. The van der Waals surface area contributed by atoms with Gasteiger partial charge in [-0.3, -0.25) is 4.98 Å². The first-order valence-corrected chi connectivity index (χ1v) is 6.60. The second kappa shape index (κ2) is 5.85. The van der Waals surface area contributed by atoms with E-state index in [2.05, 4.69) is 35.9 Å². The van der Waals surface area contributed by atoms with Crippen LogP contribution in [0.25, 0.3) is 0 Å². The molecule has 1 heterocycles. The number of benzene rings is 1. The van der Waals surface area contributed by atoms with Gasteiger partial charge in [0.15, 0.2) is 0 Å². The molecule has 1 aromatic carbocycles. The minimum atomic E-state index is -0.525. The second-order valence-electron chi connectivity index (χ2n) is 4.65. The molecule has 0 unspecified atom stereocenters. The average molecular weight is 256 g/mol. The summed E-state index contributed by atoms with van der Waals surface area (Å²) in [6.45, 7) is 6.83. The van der Waals surface area contributed by atoms with Crippen molar-refractivity contribution in [3.8, 4) is 0 Å². The topological polar surface area (TPSA) is 36.4 Å². The van der Waals surface area contributed by atoms with Crippen LogP contribution in [0.5, 0.6) is 0 Å². The maximum atomic E-state index is 9.50. The zero-order valence-corrected chi connectivity index (χ0v) is 11.7. The second-order valence-corrected chi connectivity index (χ2v) is 4.65. The lowest BCUT2D eigenvalue weighted by Gasteiger charge is -2.25. The van der Waals surface area contributed by atoms with Crippen LogP contribution in [-0.2, 0) is 0 Å². The first kappa shape index (κ1) is 13.6. The van der Waals surface area contributed by atoms with Crippen molar-refractivity contribution < 1.29 is 5.11 Å². The van der Waals surface area contributed by atoms with Gasteiger partial charge in [-0.1, -0.05) is 18.2 Å². The summed E-state index contributed by atoms with van der Waals surface area (Å²) in [6, 6.07) is 12.2. The predicted octanol–water partition coefficient (Wildman–Crippen LogP) is 3.60. The van der Waals surface area contributed by atoms with Gasteiger partial charge in [0.1, 0.15) is 0 Å². The summed E-state index contributed by atoms with van der Waals surface area (Å²) in [4.78, 5) is 6.53. The third-order valence-electron chi connectivity index (χ3n) is 3.23. The predicted molar refractivity (Wildman–Crippen MR) is 78.7 cm³/mol. The van der Waals surface area contributed by atoms with Gasteiger partial charge in [-0.05, 0) is 44.5 Å². The summed E-state index contributed by atoms with van der Waals surface area (Å²) >= 11 is 0. The third kappa shape index (κ3) is 2.93. The van der Waals surface area contributed by atoms with Crippen molar-refractivity contribution in [3.05, 3.63) is 53.9 Å². The minimum absolute atomic E-state index is 0.525. The van der Waals surface area contributed by atoms with Crippen LogP contribution in [0.1, 0.15) is 31.2 Å². The number of aliphatic hydroxyl groups is 1. The van der Waals surface area contributed by atoms with Crippen LogP contribution in [-0.4, -0.2) is 16.6 Å². The zero-order valence-electron chi connectivity index (χ0n) is 11.7. The van der Waals surface area contributed by atoms with E-state index in [9.17, 15) is 5.11 Å². The Morgan fingerprint density at radius 2 is 1.95 bits per heavy atom. The van der Waals surface area contributed by atoms with Crippen LogP contribution < -0.4 is 4.90 Å². The number of pyridine rings is 1. The van der Waals surface area contributed by atoms with Crippen molar-refractivity contribution in [2.24, 2.45) is 0 Å². The van der Waals surface area contributed by atoms with E-state index in [0.29, 0.717) is 5.69 Å². The van der Waals surface area contributed by atoms with Gasteiger partial charge in [-0.25, -0.2) is 0 Å². The van der Waals surface area contributed by atoms with Crippen molar-refractivity contribution in [1.82, 2.24) is 4.98 Å². The van der Waals surface area contributed by atoms with Gasteiger partial charge in [-0.15, -0.1) is 0 Å². The van der Waals surface area contributed by atoms with Gasteiger partial charge < -0.3 is 10.0 Å². The minimum Gasteiger partial charge on any atom is -0.387 e. The largest absolute Gasteiger partial charge is 0.387 e. The van der Waals surface area contributed by atoms with E-state index in [1.54, 1.807) is 6.92 Å². The molecule has 0 aliphatic carbocycles. The van der Waals surface area contributed by atoms with Gasteiger partial charge in [0, 0.05) is 12.2 Å². The van der Waals surface area contributed by atoms with Gasteiger partial charge in [0.05, 0.1) is 23.7 Å². The summed E-state index contributed by atoms with van der Waals surface area (Å²) < 4.78 is 0. The first-order chi connectivity index (χ1) is 9.13. The SMILES string of the molecule is CCN(c1ccc([C@H](C)O)nc1)c1ccccc1C. The molecule has 3 nitrogen and oxygen atoms in total. The lowest BCUT2D eigenvalue weighted by atomic mass is 10.1. The fourth-order valence-corrected chi connectivity index (χ4v) is 2.16. The van der Waals surface area contributed by atoms with E-state index in [-0.39, 0.29) is 0 Å². The fraction of sp³-hybridized carbons (Fsp3) is 0.312. The van der Waals surface area contributed by atoms with Crippen molar-refractivity contribution >= 4 is 11.4 Å². The molecule has 0 aliphatic rings. The van der Waals surface area contributed by atoms with E-state index < -0.39 is 6.10 Å². The number of anilines is 2. The molecule has 2 aromatic rings. The molecule has 0 saturated heterocycles. The van der Waals surface area contributed by atoms with Crippen molar-refractivity contribution in [1.29, 1.82) is 0 Å². The molecule has 0 amide bonds. The maximum absolute atomic E-state index is 9.50. The highest BCUT2D eigenvalue weighted by atomic mass is 16.3. The first-order valence-electron chi connectivity index (χ1n) is 6.60. The summed E-state index contributed by atoms with van der Waals surface area (Å²) in [5.74, 6) is 0. The van der Waals surface area contributed by atoms with Crippen LogP contribution in [0.4, 0.5) is 11.4 Å². The van der Waals surface area contributed by atoms with E-state index in [4.69, 9.17) is 0 Å². The number of aryl methyl sites for hydroxylation is 1. The molecule has 1 atom stereocenters. The zero-order chi connectivity index (χ0) is 13.8. The number of rotatable bonds is 4. The number of aromatic nitrogens is 1. The Hall–Kier alpha value is -1.87. The summed E-state index contributed by atoms with van der Waals surface area (Å²) in [7, 11) is 0. The molecule has 0 radical (unpaired) electrons. The normalized spacial score (nSPS) is 12.2. The van der Waals surface area contributed by atoms with Crippen LogP contribution in [0.15, 0.2) is 42.6 Å². The molecule has 0 bridgehead atoms. The van der Waals surface area contributed by atoms with Crippen LogP contribution in [0.3, 0.4) is 0 Å². The maximum Gasteiger partial charge on any atom is 0.0931 e. The van der Waals surface area contributed by atoms with Crippen molar-refractivity contribution in [3.63, 3.8) is 0 Å². The molecule has 19 heavy (non-hydrogen) atoms. The van der Waals surface area contributed by atoms with Gasteiger partial charge >= 0.3 is 0 Å². The molecule has 0 aliphatic heterocycles. The lowest BCUT2D eigenvalue weighted by molar-refractivity contribution is 0.194. The summed E-state index contributed by atoms with van der Waals surface area (Å²) in [6.07, 6.45) is 1.29. The molecule has 0 spiro atoms. The molecule has 1 N–H and O–H groups in total. The Labute approximate surface area is 114 Å². The number of para-hydroxylation sites is 1. The van der Waals surface area contributed by atoms with E-state index in [1.165, 1.54) is 11.3 Å². The number of hydrogen-bond acceptors (Lipinski definition) is 3. The molecule has 0 fully saturated rings. The Kier molecular flexibility index (Phi) is 4.17. The molecule has 1 aromatic heterocycles. The Morgan fingerprint density at radius 1 is 1.21 bits per heavy atom. The third-order valence-corrected chi connectivity index (χ3v) is 3.23. The average Bonchev–Trinajstić information content (AvgIpc) is 2.42. The molecular weight excluding hydrogens is 236 g/mol. The Balaban J connectivity index is 2.35. The lowest BCUT2D eigenvalue weighted by Crippen LogP contribution is -2.17. The molecule has 0 saturated carbocycles. The highest BCUT2D eigenvalue weighted by molar-refractivity contribution is 5.65. The van der Waals surface area contributed by atoms with Crippen LogP contribution in [0, 0.1) is 6.92 Å². The standard InChI is InChI=1S/C16H20N2O/c1-4-18(16-8-6-5-7-12(16)2)14-9-10-15(13(3)19)17-11-14/h5-11,13,19H,4H2,1-3H3/t13-/m0/s1. The van der Waals surface area contributed by atoms with Gasteiger partial charge in [-0.2, -0.15) is 0 Å². The van der Waals surface area contributed by atoms with Crippen LogP contribution >= 0.6 is 0 Å². The highest BCUT2D eigenvalue weighted by Crippen LogP contribution is 2.27. The number of aliphatic hydroxyl groups excluding tert-OH is 1. The summed E-state index contributed by atoms with van der Waals surface area (Å²) in [5, 5.41) is 9.50. The quantitative estimate of drug-likeness (QED) is 0.908. The number of nitrogens with zero attached hydrogens (tertiary/aromatic N) is 2. The van der Waals surface area contributed by atoms with Gasteiger partial charge in [0.25, 0.3) is 0 Å². The molecule has 100 valence electrons. The molecule has 2 rings (SSSR count).